The van der Waals surface area contributed by atoms with Crippen molar-refractivity contribution >= 4 is 11.9 Å². The van der Waals surface area contributed by atoms with E-state index in [0.29, 0.717) is 17.8 Å². The van der Waals surface area contributed by atoms with Crippen molar-refractivity contribution in [2.24, 2.45) is 0 Å². The molecular weight excluding hydrogens is 256 g/mol. The molecule has 2 N–H and O–H groups in total. The van der Waals surface area contributed by atoms with Crippen LogP contribution in [0.2, 0.25) is 0 Å². The molecule has 2 heterocycles. The third-order valence-corrected chi connectivity index (χ3v) is 2.51. The van der Waals surface area contributed by atoms with Gasteiger partial charge in [0.15, 0.2) is 0 Å². The molecule has 0 aromatic carbocycles. The molecule has 0 atom stereocenters. The number of hydrogen-bond donors (Lipinski definition) is 2. The van der Waals surface area contributed by atoms with E-state index in [-0.39, 0.29) is 0 Å². The van der Waals surface area contributed by atoms with E-state index in [1.54, 1.807) is 17.1 Å². The average Bonchev–Trinajstić information content (AvgIpc) is 2.92. The zero-order valence-electron chi connectivity index (χ0n) is 12.0. The molecule has 0 bridgehead atoms. The normalized spacial score (nSPS) is 10.8. The summed E-state index contributed by atoms with van der Waals surface area (Å²) in [6, 6.07) is 1.83. The van der Waals surface area contributed by atoms with E-state index in [2.05, 4.69) is 35.6 Å². The number of likely N-dealkylation sites (N-methyl/N-ethyl adjacent to an activating group) is 1. The maximum absolute atomic E-state index is 4.36. The van der Waals surface area contributed by atoms with E-state index in [1.807, 2.05) is 27.1 Å². The molecule has 8 nitrogen and oxygen atoms in total. The summed E-state index contributed by atoms with van der Waals surface area (Å²) in [5, 5.41) is 10.4. The van der Waals surface area contributed by atoms with Crippen LogP contribution >= 0.6 is 0 Å². The molecule has 0 aliphatic carbocycles. The van der Waals surface area contributed by atoms with E-state index >= 15 is 0 Å². The summed E-state index contributed by atoms with van der Waals surface area (Å²) in [5.74, 6) is 1.58. The van der Waals surface area contributed by atoms with Gasteiger partial charge in [0.2, 0.25) is 11.9 Å². The monoisotopic (exact) mass is 276 g/mol. The molecule has 0 unspecified atom stereocenters. The first kappa shape index (κ1) is 14.2. The maximum atomic E-state index is 4.36. The van der Waals surface area contributed by atoms with Crippen LogP contribution in [0.15, 0.2) is 18.5 Å². The second-order valence-electron chi connectivity index (χ2n) is 4.49. The van der Waals surface area contributed by atoms with Gasteiger partial charge in [0.05, 0.1) is 0 Å². The van der Waals surface area contributed by atoms with Gasteiger partial charge < -0.3 is 15.5 Å². The second-order valence-corrected chi connectivity index (χ2v) is 4.49. The number of hydrogen-bond acceptors (Lipinski definition) is 7. The summed E-state index contributed by atoms with van der Waals surface area (Å²) in [6.45, 7) is 4.41. The van der Waals surface area contributed by atoms with Crippen LogP contribution in [-0.2, 0) is 0 Å². The molecule has 2 aromatic rings. The van der Waals surface area contributed by atoms with Crippen molar-refractivity contribution in [3.8, 4) is 5.95 Å². The largest absolute Gasteiger partial charge is 0.354 e. The van der Waals surface area contributed by atoms with Crippen LogP contribution in [0.1, 0.15) is 6.92 Å². The molecule has 0 radical (unpaired) electrons. The highest BCUT2D eigenvalue weighted by Gasteiger charge is 2.07. The lowest BCUT2D eigenvalue weighted by Gasteiger charge is -2.12. The predicted molar refractivity (Wildman–Crippen MR) is 78.2 cm³/mol. The Labute approximate surface area is 118 Å². The maximum Gasteiger partial charge on any atom is 0.257 e. The van der Waals surface area contributed by atoms with Gasteiger partial charge >= 0.3 is 0 Å². The van der Waals surface area contributed by atoms with Crippen LogP contribution in [0.4, 0.5) is 11.9 Å². The first-order chi connectivity index (χ1) is 9.69. The van der Waals surface area contributed by atoms with Crippen molar-refractivity contribution in [2.45, 2.75) is 6.92 Å². The molecule has 2 aromatic heterocycles. The minimum absolute atomic E-state index is 0.494. The number of nitrogens with zero attached hydrogens (tertiary/aromatic N) is 6. The zero-order chi connectivity index (χ0) is 14.4. The molecule has 0 aliphatic heterocycles. The second kappa shape index (κ2) is 6.80. The SMILES string of the molecule is CCNc1nc(NCCN(C)C)nc(-n2cccn2)n1. The molecule has 0 saturated heterocycles. The Morgan fingerprint density at radius 2 is 1.90 bits per heavy atom. The lowest BCUT2D eigenvalue weighted by molar-refractivity contribution is 0.425. The number of aromatic nitrogens is 5. The molecule has 0 saturated carbocycles. The highest BCUT2D eigenvalue weighted by Crippen LogP contribution is 2.08. The molecule has 0 spiro atoms. The van der Waals surface area contributed by atoms with Gasteiger partial charge in [-0.05, 0) is 27.1 Å². The van der Waals surface area contributed by atoms with Crippen LogP contribution in [0.5, 0.6) is 0 Å². The molecule has 0 aliphatic rings. The Bertz CT molecular complexity index is 522. The third kappa shape index (κ3) is 3.89. The lowest BCUT2D eigenvalue weighted by atomic mass is 10.6. The van der Waals surface area contributed by atoms with Gasteiger partial charge in [-0.3, -0.25) is 0 Å². The lowest BCUT2D eigenvalue weighted by Crippen LogP contribution is -2.22. The van der Waals surface area contributed by atoms with Crippen LogP contribution in [0, 0.1) is 0 Å². The van der Waals surface area contributed by atoms with E-state index in [1.165, 1.54) is 0 Å². The summed E-state index contributed by atoms with van der Waals surface area (Å²) in [6.07, 6.45) is 3.49. The van der Waals surface area contributed by atoms with Gasteiger partial charge in [0.25, 0.3) is 5.95 Å². The Kier molecular flexibility index (Phi) is 4.83. The fourth-order valence-electron chi connectivity index (χ4n) is 1.56. The average molecular weight is 276 g/mol. The summed E-state index contributed by atoms with van der Waals surface area (Å²) < 4.78 is 1.61. The molecule has 20 heavy (non-hydrogen) atoms. The minimum atomic E-state index is 0.494. The van der Waals surface area contributed by atoms with Crippen molar-refractivity contribution in [3.63, 3.8) is 0 Å². The van der Waals surface area contributed by atoms with Gasteiger partial charge in [-0.25, -0.2) is 4.68 Å². The highest BCUT2D eigenvalue weighted by atomic mass is 15.4. The van der Waals surface area contributed by atoms with Crippen molar-refractivity contribution in [1.29, 1.82) is 0 Å². The topological polar surface area (TPSA) is 83.8 Å². The molecule has 8 heteroatoms. The van der Waals surface area contributed by atoms with E-state index < -0.39 is 0 Å². The predicted octanol–water partition coefficient (Wildman–Crippen LogP) is 0.463. The highest BCUT2D eigenvalue weighted by molar-refractivity contribution is 5.37. The smallest absolute Gasteiger partial charge is 0.257 e. The molecule has 2 rings (SSSR count). The molecule has 0 amide bonds. The fourth-order valence-corrected chi connectivity index (χ4v) is 1.56. The van der Waals surface area contributed by atoms with Crippen molar-refractivity contribution < 1.29 is 0 Å². The summed E-state index contributed by atoms with van der Waals surface area (Å²) in [4.78, 5) is 15.1. The minimum Gasteiger partial charge on any atom is -0.354 e. The molecule has 0 fully saturated rings. The van der Waals surface area contributed by atoms with Gasteiger partial charge in [-0.15, -0.1) is 0 Å². The first-order valence-corrected chi connectivity index (χ1v) is 6.57. The number of rotatable bonds is 7. The van der Waals surface area contributed by atoms with Crippen LogP contribution < -0.4 is 10.6 Å². The number of anilines is 2. The van der Waals surface area contributed by atoms with Crippen LogP contribution in [-0.4, -0.2) is 63.4 Å². The number of nitrogens with one attached hydrogen (secondary N) is 2. The Morgan fingerprint density at radius 1 is 1.15 bits per heavy atom. The third-order valence-electron chi connectivity index (χ3n) is 2.51. The summed E-state index contributed by atoms with van der Waals surface area (Å²) in [5.41, 5.74) is 0. The Balaban J connectivity index is 2.17. The first-order valence-electron chi connectivity index (χ1n) is 6.57. The standard InChI is InChI=1S/C12H20N8/c1-4-13-10-16-11(14-7-9-19(2)3)18-12(17-10)20-8-5-6-15-20/h5-6,8H,4,7,9H2,1-3H3,(H2,13,14,16,17,18). The fraction of sp³-hybridized carbons (Fsp3) is 0.500. The van der Waals surface area contributed by atoms with E-state index in [4.69, 9.17) is 0 Å². The van der Waals surface area contributed by atoms with Gasteiger partial charge in [-0.1, -0.05) is 0 Å². The summed E-state index contributed by atoms with van der Waals surface area (Å²) >= 11 is 0. The van der Waals surface area contributed by atoms with Gasteiger partial charge in [-0.2, -0.15) is 20.1 Å². The van der Waals surface area contributed by atoms with E-state index in [0.717, 1.165) is 19.6 Å². The van der Waals surface area contributed by atoms with Crippen molar-refractivity contribution in [1.82, 2.24) is 29.6 Å². The van der Waals surface area contributed by atoms with Gasteiger partial charge in [0.1, 0.15) is 0 Å². The summed E-state index contributed by atoms with van der Waals surface area (Å²) in [7, 11) is 4.04. The van der Waals surface area contributed by atoms with Crippen molar-refractivity contribution in [3.05, 3.63) is 18.5 Å². The molecular formula is C12H20N8. The zero-order valence-corrected chi connectivity index (χ0v) is 12.0. The van der Waals surface area contributed by atoms with Gasteiger partial charge in [0, 0.05) is 32.0 Å². The van der Waals surface area contributed by atoms with Crippen LogP contribution in [0.3, 0.4) is 0 Å². The van der Waals surface area contributed by atoms with Crippen LogP contribution in [0.25, 0.3) is 5.95 Å². The van der Waals surface area contributed by atoms with Crippen molar-refractivity contribution in [2.75, 3.05) is 44.4 Å². The molecule has 108 valence electrons. The Hall–Kier alpha value is -2.22. The quantitative estimate of drug-likeness (QED) is 0.760. The Morgan fingerprint density at radius 3 is 2.50 bits per heavy atom. The van der Waals surface area contributed by atoms with E-state index in [9.17, 15) is 0 Å².